The van der Waals surface area contributed by atoms with Crippen LogP contribution in [0.1, 0.15) is 24.1 Å². The second-order valence-corrected chi connectivity index (χ2v) is 4.35. The molecule has 1 fully saturated rings. The fourth-order valence-corrected chi connectivity index (χ4v) is 2.01. The summed E-state index contributed by atoms with van der Waals surface area (Å²) in [6.07, 6.45) is 0.298. The molecule has 1 N–H and O–H groups in total. The summed E-state index contributed by atoms with van der Waals surface area (Å²) >= 11 is 0. The molecule has 3 nitrogen and oxygen atoms in total. The molecule has 88 valence electrons. The molecule has 1 aliphatic rings. The number of aryl methyl sites for hydroxylation is 1. The second kappa shape index (κ2) is 4.85. The molecular formula is C13H19NO2. The van der Waals surface area contributed by atoms with Gasteiger partial charge in [0, 0.05) is 12.1 Å². The lowest BCUT2D eigenvalue weighted by Gasteiger charge is -2.29. The molecule has 1 aromatic rings. The summed E-state index contributed by atoms with van der Waals surface area (Å²) in [7, 11) is 1.71. The van der Waals surface area contributed by atoms with Crippen LogP contribution in [0.3, 0.4) is 0 Å². The van der Waals surface area contributed by atoms with E-state index in [1.165, 1.54) is 11.1 Å². The standard InChI is InChI=1S/C13H19NO2/c1-9-4-5-13(15-3)11(6-9)12-8-16-10(2)7-14-12/h4-6,10,12,14H,7-8H2,1-3H3. The van der Waals surface area contributed by atoms with Crippen molar-refractivity contribution in [2.24, 2.45) is 0 Å². The van der Waals surface area contributed by atoms with Gasteiger partial charge in [0.05, 0.1) is 25.9 Å². The van der Waals surface area contributed by atoms with E-state index < -0.39 is 0 Å². The van der Waals surface area contributed by atoms with Gasteiger partial charge in [0.15, 0.2) is 0 Å². The number of hydrogen-bond donors (Lipinski definition) is 1. The minimum Gasteiger partial charge on any atom is -0.496 e. The Labute approximate surface area is 96.8 Å². The van der Waals surface area contributed by atoms with Gasteiger partial charge in [-0.1, -0.05) is 17.7 Å². The summed E-state index contributed by atoms with van der Waals surface area (Å²) in [4.78, 5) is 0. The third-order valence-corrected chi connectivity index (χ3v) is 2.96. The highest BCUT2D eigenvalue weighted by molar-refractivity contribution is 5.39. The molecule has 1 aliphatic heterocycles. The zero-order valence-electron chi connectivity index (χ0n) is 10.1. The van der Waals surface area contributed by atoms with Crippen LogP contribution in [0.15, 0.2) is 18.2 Å². The molecule has 0 amide bonds. The predicted octanol–water partition coefficient (Wildman–Crippen LogP) is 2.05. The Kier molecular flexibility index (Phi) is 3.46. The summed E-state index contributed by atoms with van der Waals surface area (Å²) in [6.45, 7) is 5.77. The highest BCUT2D eigenvalue weighted by Crippen LogP contribution is 2.28. The molecule has 0 aromatic heterocycles. The molecule has 1 aromatic carbocycles. The van der Waals surface area contributed by atoms with E-state index in [1.807, 2.05) is 6.07 Å². The highest BCUT2D eigenvalue weighted by atomic mass is 16.5. The minimum atomic E-state index is 0.242. The van der Waals surface area contributed by atoms with E-state index in [9.17, 15) is 0 Å². The Hall–Kier alpha value is -1.06. The highest BCUT2D eigenvalue weighted by Gasteiger charge is 2.22. The van der Waals surface area contributed by atoms with E-state index in [-0.39, 0.29) is 6.04 Å². The topological polar surface area (TPSA) is 30.5 Å². The van der Waals surface area contributed by atoms with Crippen molar-refractivity contribution in [1.29, 1.82) is 0 Å². The third kappa shape index (κ3) is 2.36. The van der Waals surface area contributed by atoms with Crippen LogP contribution in [-0.4, -0.2) is 26.4 Å². The zero-order valence-corrected chi connectivity index (χ0v) is 10.1. The van der Waals surface area contributed by atoms with Crippen molar-refractivity contribution in [3.05, 3.63) is 29.3 Å². The number of nitrogens with one attached hydrogen (secondary N) is 1. The van der Waals surface area contributed by atoms with Gasteiger partial charge in [-0.05, 0) is 19.9 Å². The van der Waals surface area contributed by atoms with Gasteiger partial charge in [-0.3, -0.25) is 0 Å². The van der Waals surface area contributed by atoms with Crippen molar-refractivity contribution in [3.63, 3.8) is 0 Å². The van der Waals surface area contributed by atoms with Crippen molar-refractivity contribution in [3.8, 4) is 5.75 Å². The maximum absolute atomic E-state index is 5.67. The van der Waals surface area contributed by atoms with E-state index in [4.69, 9.17) is 9.47 Å². The van der Waals surface area contributed by atoms with Gasteiger partial charge in [0.1, 0.15) is 5.75 Å². The van der Waals surface area contributed by atoms with Gasteiger partial charge < -0.3 is 14.8 Å². The molecule has 3 heteroatoms. The van der Waals surface area contributed by atoms with Gasteiger partial charge in [0.2, 0.25) is 0 Å². The Morgan fingerprint density at radius 1 is 1.44 bits per heavy atom. The van der Waals surface area contributed by atoms with Gasteiger partial charge in [-0.2, -0.15) is 0 Å². The molecule has 0 bridgehead atoms. The maximum atomic E-state index is 5.67. The molecule has 2 unspecified atom stereocenters. The first kappa shape index (κ1) is 11.4. The van der Waals surface area contributed by atoms with Crippen molar-refractivity contribution in [2.75, 3.05) is 20.3 Å². The Morgan fingerprint density at radius 2 is 2.25 bits per heavy atom. The first-order chi connectivity index (χ1) is 7.70. The summed E-state index contributed by atoms with van der Waals surface area (Å²) < 4.78 is 11.1. The lowest BCUT2D eigenvalue weighted by Crippen LogP contribution is -2.39. The Morgan fingerprint density at radius 3 is 2.88 bits per heavy atom. The van der Waals surface area contributed by atoms with Crippen LogP contribution < -0.4 is 10.1 Å². The first-order valence-electron chi connectivity index (χ1n) is 5.70. The molecule has 1 saturated heterocycles. The van der Waals surface area contributed by atoms with Gasteiger partial charge >= 0.3 is 0 Å². The van der Waals surface area contributed by atoms with E-state index >= 15 is 0 Å². The van der Waals surface area contributed by atoms with Crippen molar-refractivity contribution in [2.45, 2.75) is 26.0 Å². The minimum absolute atomic E-state index is 0.242. The molecule has 0 radical (unpaired) electrons. The molecule has 16 heavy (non-hydrogen) atoms. The fraction of sp³-hybridized carbons (Fsp3) is 0.538. The Balaban J connectivity index is 2.21. The third-order valence-electron chi connectivity index (χ3n) is 2.96. The maximum Gasteiger partial charge on any atom is 0.123 e. The average Bonchev–Trinajstić information content (AvgIpc) is 2.30. The monoisotopic (exact) mass is 221 g/mol. The second-order valence-electron chi connectivity index (χ2n) is 4.35. The molecule has 0 aliphatic carbocycles. The van der Waals surface area contributed by atoms with Crippen LogP contribution in [0, 0.1) is 6.92 Å². The van der Waals surface area contributed by atoms with Crippen LogP contribution in [-0.2, 0) is 4.74 Å². The van der Waals surface area contributed by atoms with E-state index in [2.05, 4.69) is 31.3 Å². The molecule has 0 saturated carbocycles. The summed E-state index contributed by atoms with van der Waals surface area (Å²) in [5, 5.41) is 3.48. The SMILES string of the molecule is COc1ccc(C)cc1C1COC(C)CN1. The smallest absolute Gasteiger partial charge is 0.123 e. The molecule has 0 spiro atoms. The zero-order chi connectivity index (χ0) is 11.5. The number of morpholine rings is 1. The lowest BCUT2D eigenvalue weighted by molar-refractivity contribution is 0.0144. The summed E-state index contributed by atoms with van der Waals surface area (Å²) in [5.41, 5.74) is 2.44. The van der Waals surface area contributed by atoms with Crippen molar-refractivity contribution in [1.82, 2.24) is 5.32 Å². The molecule has 2 atom stereocenters. The molecular weight excluding hydrogens is 202 g/mol. The van der Waals surface area contributed by atoms with Crippen molar-refractivity contribution < 1.29 is 9.47 Å². The summed E-state index contributed by atoms with van der Waals surface area (Å²) in [5.74, 6) is 0.932. The van der Waals surface area contributed by atoms with E-state index in [0.717, 1.165) is 12.3 Å². The summed E-state index contributed by atoms with van der Waals surface area (Å²) in [6, 6.07) is 6.49. The van der Waals surface area contributed by atoms with Gasteiger partial charge in [0.25, 0.3) is 0 Å². The fourth-order valence-electron chi connectivity index (χ4n) is 2.01. The van der Waals surface area contributed by atoms with Gasteiger partial charge in [-0.25, -0.2) is 0 Å². The van der Waals surface area contributed by atoms with Crippen LogP contribution in [0.25, 0.3) is 0 Å². The number of ether oxygens (including phenoxy) is 2. The number of methoxy groups -OCH3 is 1. The lowest BCUT2D eigenvalue weighted by atomic mass is 10.0. The van der Waals surface area contributed by atoms with Crippen LogP contribution in [0.5, 0.6) is 5.75 Å². The van der Waals surface area contributed by atoms with E-state index in [0.29, 0.717) is 12.7 Å². The van der Waals surface area contributed by atoms with Crippen LogP contribution in [0.4, 0.5) is 0 Å². The van der Waals surface area contributed by atoms with Crippen molar-refractivity contribution >= 4 is 0 Å². The molecule has 2 rings (SSSR count). The first-order valence-corrected chi connectivity index (χ1v) is 5.70. The van der Waals surface area contributed by atoms with Gasteiger partial charge in [-0.15, -0.1) is 0 Å². The largest absolute Gasteiger partial charge is 0.496 e. The number of rotatable bonds is 2. The van der Waals surface area contributed by atoms with Crippen LogP contribution in [0.2, 0.25) is 0 Å². The Bertz CT molecular complexity index is 357. The number of benzene rings is 1. The van der Waals surface area contributed by atoms with E-state index in [1.54, 1.807) is 7.11 Å². The van der Waals surface area contributed by atoms with Crippen LogP contribution >= 0.6 is 0 Å². The normalized spacial score (nSPS) is 25.4. The molecule has 1 heterocycles. The number of hydrogen-bond acceptors (Lipinski definition) is 3. The predicted molar refractivity (Wildman–Crippen MR) is 63.9 cm³/mol. The average molecular weight is 221 g/mol. The quantitative estimate of drug-likeness (QED) is 0.829.